The van der Waals surface area contributed by atoms with Gasteiger partial charge < -0.3 is 29.6 Å². The summed E-state index contributed by atoms with van der Waals surface area (Å²) >= 11 is 0. The van der Waals surface area contributed by atoms with Crippen molar-refractivity contribution in [2.45, 2.75) is 19.9 Å². The van der Waals surface area contributed by atoms with Gasteiger partial charge in [0, 0.05) is 6.07 Å². The van der Waals surface area contributed by atoms with Crippen LogP contribution in [0.2, 0.25) is 0 Å². The minimum absolute atomic E-state index is 0.0150. The van der Waals surface area contributed by atoms with E-state index >= 15 is 0 Å². The fourth-order valence-corrected chi connectivity index (χ4v) is 2.79. The third-order valence-electron chi connectivity index (χ3n) is 4.13. The van der Waals surface area contributed by atoms with Crippen LogP contribution < -0.4 is 20.1 Å². The topological polar surface area (TPSA) is 155 Å². The van der Waals surface area contributed by atoms with Gasteiger partial charge in [-0.2, -0.15) is 0 Å². The number of carbonyl (C=O) groups is 3. The van der Waals surface area contributed by atoms with E-state index in [0.717, 1.165) is 12.1 Å². The van der Waals surface area contributed by atoms with Gasteiger partial charge >= 0.3 is 18.0 Å². The highest BCUT2D eigenvalue weighted by atomic mass is 16.6. The normalized spacial score (nSPS) is 15.6. The molecule has 1 atom stereocenters. The summed E-state index contributed by atoms with van der Waals surface area (Å²) in [4.78, 5) is 47.1. The molecular formula is C18H21N3O9. The van der Waals surface area contributed by atoms with Crippen LogP contribution in [0.15, 0.2) is 23.4 Å². The molecule has 0 fully saturated rings. The molecule has 162 valence electrons. The van der Waals surface area contributed by atoms with E-state index in [2.05, 4.69) is 10.6 Å². The maximum absolute atomic E-state index is 12.6. The summed E-state index contributed by atoms with van der Waals surface area (Å²) in [7, 11) is 2.60. The third kappa shape index (κ3) is 4.77. The van der Waals surface area contributed by atoms with Crippen LogP contribution in [-0.4, -0.2) is 56.4 Å². The molecule has 1 heterocycles. The third-order valence-corrected chi connectivity index (χ3v) is 4.13. The minimum atomic E-state index is -1.06. The summed E-state index contributed by atoms with van der Waals surface area (Å²) in [6.07, 6.45) is 0. The number of benzene rings is 1. The van der Waals surface area contributed by atoms with Crippen LogP contribution >= 0.6 is 0 Å². The van der Waals surface area contributed by atoms with E-state index in [4.69, 9.17) is 18.9 Å². The van der Waals surface area contributed by atoms with Gasteiger partial charge in [0.25, 0.3) is 5.69 Å². The van der Waals surface area contributed by atoms with Crippen LogP contribution in [0, 0.1) is 10.1 Å². The average Bonchev–Trinajstić information content (AvgIpc) is 2.70. The molecule has 1 aliphatic rings. The van der Waals surface area contributed by atoms with E-state index in [1.54, 1.807) is 13.8 Å². The highest BCUT2D eigenvalue weighted by Crippen LogP contribution is 2.34. The van der Waals surface area contributed by atoms with Crippen LogP contribution in [0.1, 0.15) is 24.2 Å². The van der Waals surface area contributed by atoms with Gasteiger partial charge in [0.05, 0.1) is 49.1 Å². The Labute approximate surface area is 171 Å². The van der Waals surface area contributed by atoms with Crippen LogP contribution in [0.5, 0.6) is 11.5 Å². The highest BCUT2D eigenvalue weighted by Gasteiger charge is 2.31. The smallest absolute Gasteiger partial charge is 0.345 e. The van der Waals surface area contributed by atoms with Crippen molar-refractivity contribution in [2.75, 3.05) is 27.4 Å². The maximum Gasteiger partial charge on any atom is 0.345 e. The zero-order valence-electron chi connectivity index (χ0n) is 16.8. The number of nitrogens with zero attached hydrogens (tertiary/aromatic N) is 1. The average molecular weight is 423 g/mol. The van der Waals surface area contributed by atoms with Crippen LogP contribution in [0.3, 0.4) is 0 Å². The predicted octanol–water partition coefficient (Wildman–Crippen LogP) is 1.29. The molecule has 0 aliphatic carbocycles. The van der Waals surface area contributed by atoms with Crippen molar-refractivity contribution in [1.29, 1.82) is 0 Å². The lowest BCUT2D eigenvalue weighted by Crippen LogP contribution is -2.50. The number of ether oxygens (including phenoxy) is 4. The predicted molar refractivity (Wildman–Crippen MR) is 101 cm³/mol. The summed E-state index contributed by atoms with van der Waals surface area (Å²) in [6.45, 7) is 2.77. The Morgan fingerprint density at radius 2 is 1.77 bits per heavy atom. The maximum atomic E-state index is 12.6. The lowest BCUT2D eigenvalue weighted by molar-refractivity contribution is -0.385. The lowest BCUT2D eigenvalue weighted by Gasteiger charge is -2.26. The number of hydrogen-bond donors (Lipinski definition) is 2. The second kappa shape index (κ2) is 9.58. The first-order valence-corrected chi connectivity index (χ1v) is 8.78. The number of rotatable bonds is 8. The molecule has 2 amide bonds. The molecule has 12 heteroatoms. The second-order valence-corrected chi connectivity index (χ2v) is 5.99. The van der Waals surface area contributed by atoms with E-state index in [9.17, 15) is 24.5 Å². The van der Waals surface area contributed by atoms with Crippen molar-refractivity contribution >= 4 is 23.7 Å². The molecule has 0 unspecified atom stereocenters. The number of nitrogens with one attached hydrogen (secondary N) is 2. The van der Waals surface area contributed by atoms with Crippen molar-refractivity contribution in [3.05, 3.63) is 39.1 Å². The monoisotopic (exact) mass is 423 g/mol. The SMILES string of the molecule is CCOC(=O)C1=C(COC(=O)c2cc(OC)c(OC)cc2[N+](=O)[O-])NC(=O)N[C@@H]1C. The quantitative estimate of drug-likeness (QED) is 0.357. The number of nitro groups is 1. The van der Waals surface area contributed by atoms with E-state index in [1.165, 1.54) is 14.2 Å². The molecule has 2 rings (SSSR count). The molecule has 0 bridgehead atoms. The molecule has 12 nitrogen and oxygen atoms in total. The Kier molecular flexibility index (Phi) is 7.17. The van der Waals surface area contributed by atoms with Crippen LogP contribution in [0.4, 0.5) is 10.5 Å². The Hall–Kier alpha value is -3.83. The van der Waals surface area contributed by atoms with Crippen LogP contribution in [-0.2, 0) is 14.3 Å². The first kappa shape index (κ1) is 22.5. The van der Waals surface area contributed by atoms with Gasteiger partial charge in [0.2, 0.25) is 0 Å². The lowest BCUT2D eigenvalue weighted by atomic mass is 10.0. The number of carbonyl (C=O) groups excluding carboxylic acids is 3. The highest BCUT2D eigenvalue weighted by molar-refractivity contribution is 5.96. The van der Waals surface area contributed by atoms with E-state index < -0.39 is 41.2 Å². The molecule has 1 aromatic carbocycles. The summed E-state index contributed by atoms with van der Waals surface area (Å²) in [5.41, 5.74) is -0.851. The molecule has 0 saturated heterocycles. The van der Waals surface area contributed by atoms with Crippen molar-refractivity contribution in [3.8, 4) is 11.5 Å². The van der Waals surface area contributed by atoms with Gasteiger partial charge in [-0.25, -0.2) is 14.4 Å². The first-order valence-electron chi connectivity index (χ1n) is 8.78. The number of methoxy groups -OCH3 is 2. The fourth-order valence-electron chi connectivity index (χ4n) is 2.79. The molecule has 0 radical (unpaired) electrons. The summed E-state index contributed by atoms with van der Waals surface area (Å²) < 4.78 is 20.2. The van der Waals surface area contributed by atoms with Gasteiger partial charge in [0.1, 0.15) is 12.2 Å². The van der Waals surface area contributed by atoms with E-state index in [-0.39, 0.29) is 34.9 Å². The number of esters is 2. The van der Waals surface area contributed by atoms with Crippen molar-refractivity contribution in [1.82, 2.24) is 10.6 Å². The zero-order valence-corrected chi connectivity index (χ0v) is 16.8. The molecule has 1 aliphatic heterocycles. The van der Waals surface area contributed by atoms with Gasteiger partial charge in [-0.1, -0.05) is 0 Å². The molecular weight excluding hydrogens is 402 g/mol. The van der Waals surface area contributed by atoms with E-state index in [1.807, 2.05) is 0 Å². The number of amides is 2. The summed E-state index contributed by atoms with van der Waals surface area (Å²) in [6, 6.07) is 0.858. The minimum Gasteiger partial charge on any atom is -0.493 e. The Morgan fingerprint density at radius 1 is 1.13 bits per heavy atom. The van der Waals surface area contributed by atoms with Crippen molar-refractivity contribution in [3.63, 3.8) is 0 Å². The number of hydrogen-bond acceptors (Lipinski definition) is 9. The van der Waals surface area contributed by atoms with Crippen molar-refractivity contribution in [2.24, 2.45) is 0 Å². The summed E-state index contributed by atoms with van der Waals surface area (Å²) in [5.74, 6) is -1.60. The van der Waals surface area contributed by atoms with E-state index in [0.29, 0.717) is 0 Å². The Balaban J connectivity index is 2.35. The molecule has 0 saturated carbocycles. The molecule has 30 heavy (non-hydrogen) atoms. The Morgan fingerprint density at radius 3 is 2.33 bits per heavy atom. The number of urea groups is 1. The zero-order chi connectivity index (χ0) is 22.4. The first-order chi connectivity index (χ1) is 14.2. The van der Waals surface area contributed by atoms with Crippen LogP contribution in [0.25, 0.3) is 0 Å². The molecule has 1 aromatic rings. The van der Waals surface area contributed by atoms with Crippen molar-refractivity contribution < 1.29 is 38.3 Å². The molecule has 2 N–H and O–H groups in total. The second-order valence-electron chi connectivity index (χ2n) is 5.99. The summed E-state index contributed by atoms with van der Waals surface area (Å²) in [5, 5.41) is 16.3. The number of nitro benzene ring substituents is 1. The van der Waals surface area contributed by atoms with Gasteiger partial charge in [-0.15, -0.1) is 0 Å². The largest absolute Gasteiger partial charge is 0.493 e. The standard InChI is InChI=1S/C18H21N3O9/c1-5-29-17(23)15-9(2)19-18(24)20-11(15)8-30-16(22)10-6-13(27-3)14(28-4)7-12(10)21(25)26/h6-7,9H,5,8H2,1-4H3,(H2,19,20,24)/t9-/m1/s1. The van der Waals surface area contributed by atoms with Gasteiger partial charge in [-0.05, 0) is 13.8 Å². The van der Waals surface area contributed by atoms with Gasteiger partial charge in [0.15, 0.2) is 11.5 Å². The van der Waals surface area contributed by atoms with Gasteiger partial charge in [-0.3, -0.25) is 10.1 Å². The fraction of sp³-hybridized carbons (Fsp3) is 0.389. The Bertz CT molecular complexity index is 910. The molecule has 0 spiro atoms. The molecule has 0 aromatic heterocycles.